The first kappa shape index (κ1) is 21.4. The number of ether oxygens (including phenoxy) is 3. The summed E-state index contributed by atoms with van der Waals surface area (Å²) in [6, 6.07) is 0. The van der Waals surface area contributed by atoms with Gasteiger partial charge in [0.05, 0.1) is 18.1 Å². The zero-order valence-corrected chi connectivity index (χ0v) is 18.8. The van der Waals surface area contributed by atoms with Crippen LogP contribution in [0.2, 0.25) is 0 Å². The molecule has 6 fully saturated rings. The monoisotopic (exact) mass is 434 g/mol. The van der Waals surface area contributed by atoms with Gasteiger partial charge < -0.3 is 24.4 Å². The third-order valence-corrected chi connectivity index (χ3v) is 9.53. The highest BCUT2D eigenvalue weighted by Gasteiger charge is 2.86. The van der Waals surface area contributed by atoms with Crippen LogP contribution in [-0.4, -0.2) is 52.9 Å². The Hall–Kier alpha value is -1.44. The molecule has 0 amide bonds. The van der Waals surface area contributed by atoms with Gasteiger partial charge in [-0.05, 0) is 42.6 Å². The molecule has 7 heteroatoms. The molecule has 6 aliphatic rings. The molecule has 0 aromatic heterocycles. The summed E-state index contributed by atoms with van der Waals surface area (Å²) in [7, 11) is 0. The van der Waals surface area contributed by atoms with Crippen LogP contribution in [0.4, 0.5) is 0 Å². The highest BCUT2D eigenvalue weighted by atomic mass is 16.7. The van der Waals surface area contributed by atoms with E-state index in [1.54, 1.807) is 0 Å². The van der Waals surface area contributed by atoms with E-state index in [-0.39, 0.29) is 28.6 Å². The molecular weight excluding hydrogens is 400 g/mol. The molecule has 9 atom stereocenters. The minimum Gasteiger partial charge on any atom is -0.457 e. The van der Waals surface area contributed by atoms with Crippen LogP contribution in [0.1, 0.15) is 59.8 Å². The van der Waals surface area contributed by atoms with Crippen molar-refractivity contribution in [3.8, 4) is 0 Å². The van der Waals surface area contributed by atoms with Crippen LogP contribution in [0.25, 0.3) is 0 Å². The standard InChI is InChI=1S/C24H34O7/c1-12-15-7-8-16-22-10-6-9-21(4,5)17(22)20(31-14(3)26)24(28,29-11-22)23(16,18(15)27)19(12)30-13(2)25/h15-20,27-28H,1,6-11H2,2-5H3. The molecule has 4 aliphatic carbocycles. The lowest BCUT2D eigenvalue weighted by Gasteiger charge is -2.75. The lowest BCUT2D eigenvalue weighted by molar-refractivity contribution is -0.467. The van der Waals surface area contributed by atoms with E-state index in [1.807, 2.05) is 0 Å². The predicted octanol–water partition coefficient (Wildman–Crippen LogP) is 2.34. The summed E-state index contributed by atoms with van der Waals surface area (Å²) in [5.41, 5.74) is -1.26. The van der Waals surface area contributed by atoms with Crippen molar-refractivity contribution in [2.24, 2.45) is 34.0 Å². The molecule has 2 spiro atoms. The number of rotatable bonds is 2. The van der Waals surface area contributed by atoms with E-state index in [0.717, 1.165) is 32.1 Å². The van der Waals surface area contributed by atoms with Crippen molar-refractivity contribution < 1.29 is 34.0 Å². The van der Waals surface area contributed by atoms with Crippen LogP contribution in [0.5, 0.6) is 0 Å². The number of hydrogen-bond donors (Lipinski definition) is 2. The van der Waals surface area contributed by atoms with E-state index >= 15 is 0 Å². The number of aliphatic hydroxyl groups is 2. The second-order valence-corrected chi connectivity index (χ2v) is 11.2. The molecule has 2 aliphatic heterocycles. The summed E-state index contributed by atoms with van der Waals surface area (Å²) < 4.78 is 17.9. The van der Waals surface area contributed by atoms with Crippen molar-refractivity contribution in [1.29, 1.82) is 0 Å². The molecule has 6 rings (SSSR count). The van der Waals surface area contributed by atoms with Gasteiger partial charge in [0.2, 0.25) is 5.79 Å². The van der Waals surface area contributed by atoms with Crippen LogP contribution >= 0.6 is 0 Å². The topological polar surface area (TPSA) is 102 Å². The summed E-state index contributed by atoms with van der Waals surface area (Å²) in [6.45, 7) is 11.5. The Labute approximate surface area is 183 Å². The third-order valence-electron chi connectivity index (χ3n) is 9.53. The van der Waals surface area contributed by atoms with Gasteiger partial charge in [-0.25, -0.2) is 0 Å². The maximum atomic E-state index is 12.3. The van der Waals surface area contributed by atoms with Crippen LogP contribution in [0.3, 0.4) is 0 Å². The van der Waals surface area contributed by atoms with Crippen LogP contribution in [0, 0.1) is 34.0 Å². The Bertz CT molecular complexity index is 851. The minimum atomic E-state index is -1.97. The fourth-order valence-electron chi connectivity index (χ4n) is 8.84. The lowest BCUT2D eigenvalue weighted by Crippen LogP contribution is -2.84. The highest BCUT2D eigenvalue weighted by molar-refractivity contribution is 5.67. The van der Waals surface area contributed by atoms with Crippen LogP contribution in [-0.2, 0) is 23.8 Å². The summed E-state index contributed by atoms with van der Waals surface area (Å²) in [6.07, 6.45) is 1.48. The summed E-state index contributed by atoms with van der Waals surface area (Å²) >= 11 is 0. The first-order chi connectivity index (χ1) is 14.4. The first-order valence-electron chi connectivity index (χ1n) is 11.5. The minimum absolute atomic E-state index is 0.123. The van der Waals surface area contributed by atoms with E-state index in [1.165, 1.54) is 13.8 Å². The summed E-state index contributed by atoms with van der Waals surface area (Å²) in [4.78, 5) is 24.3. The van der Waals surface area contributed by atoms with Crippen LogP contribution < -0.4 is 0 Å². The average molecular weight is 435 g/mol. The largest absolute Gasteiger partial charge is 0.457 e. The molecule has 2 N–H and O–H groups in total. The van der Waals surface area contributed by atoms with Crippen molar-refractivity contribution in [3.05, 3.63) is 12.2 Å². The molecule has 0 radical (unpaired) electrons. The normalized spacial score (nSPS) is 51.6. The molecule has 9 unspecified atom stereocenters. The zero-order chi connectivity index (χ0) is 22.6. The van der Waals surface area contributed by atoms with Gasteiger partial charge in [-0.1, -0.05) is 26.8 Å². The number of carbonyl (C=O) groups is 2. The fraction of sp³-hybridized carbons (Fsp3) is 0.833. The highest BCUT2D eigenvalue weighted by Crippen LogP contribution is 2.78. The SMILES string of the molecule is C=C1C2CCC3C45CCCC(C)(C)C4C(OC(C)=O)C(O)(OC5)C3(C1OC(C)=O)C2O. The van der Waals surface area contributed by atoms with Crippen molar-refractivity contribution >= 4 is 11.9 Å². The first-order valence-corrected chi connectivity index (χ1v) is 11.5. The van der Waals surface area contributed by atoms with E-state index in [9.17, 15) is 19.8 Å². The van der Waals surface area contributed by atoms with Gasteiger partial charge in [0.1, 0.15) is 6.10 Å². The summed E-state index contributed by atoms with van der Waals surface area (Å²) in [5.74, 6) is -3.51. The van der Waals surface area contributed by atoms with E-state index < -0.39 is 41.5 Å². The van der Waals surface area contributed by atoms with Gasteiger partial charge in [-0.15, -0.1) is 0 Å². The molecule has 4 bridgehead atoms. The van der Waals surface area contributed by atoms with Crippen molar-refractivity contribution in [2.45, 2.75) is 83.9 Å². The third kappa shape index (κ3) is 2.30. The molecule has 2 saturated heterocycles. The Morgan fingerprint density at radius 2 is 1.81 bits per heavy atom. The van der Waals surface area contributed by atoms with Crippen molar-refractivity contribution in [3.63, 3.8) is 0 Å². The molecular formula is C24H34O7. The van der Waals surface area contributed by atoms with Gasteiger partial charge in [0.15, 0.2) is 6.10 Å². The van der Waals surface area contributed by atoms with Crippen molar-refractivity contribution in [1.82, 2.24) is 0 Å². The Balaban J connectivity index is 1.78. The Morgan fingerprint density at radius 1 is 1.13 bits per heavy atom. The lowest BCUT2D eigenvalue weighted by atomic mass is 9.36. The molecule has 2 heterocycles. The predicted molar refractivity (Wildman–Crippen MR) is 109 cm³/mol. The summed E-state index contributed by atoms with van der Waals surface area (Å²) in [5, 5.41) is 24.0. The number of esters is 2. The maximum absolute atomic E-state index is 12.3. The fourth-order valence-corrected chi connectivity index (χ4v) is 8.84. The smallest absolute Gasteiger partial charge is 0.303 e. The van der Waals surface area contributed by atoms with Gasteiger partial charge in [-0.3, -0.25) is 9.59 Å². The average Bonchev–Trinajstić information content (AvgIpc) is 2.77. The Kier molecular flexibility index (Phi) is 4.37. The van der Waals surface area contributed by atoms with E-state index in [0.29, 0.717) is 12.2 Å². The molecule has 172 valence electrons. The number of hydrogen-bond acceptors (Lipinski definition) is 7. The van der Waals surface area contributed by atoms with Gasteiger partial charge in [-0.2, -0.15) is 0 Å². The van der Waals surface area contributed by atoms with Gasteiger partial charge in [0, 0.05) is 31.1 Å². The quantitative estimate of drug-likeness (QED) is 0.508. The molecule has 0 aromatic carbocycles. The van der Waals surface area contributed by atoms with Gasteiger partial charge >= 0.3 is 11.9 Å². The maximum Gasteiger partial charge on any atom is 0.303 e. The number of carbonyl (C=O) groups excluding carboxylic acids is 2. The number of aliphatic hydroxyl groups excluding tert-OH is 1. The van der Waals surface area contributed by atoms with Crippen molar-refractivity contribution in [2.75, 3.05) is 6.61 Å². The van der Waals surface area contributed by atoms with E-state index in [2.05, 4.69) is 20.4 Å². The Morgan fingerprint density at radius 3 is 2.45 bits per heavy atom. The molecule has 7 nitrogen and oxygen atoms in total. The molecule has 0 aromatic rings. The zero-order valence-electron chi connectivity index (χ0n) is 18.8. The molecule has 4 saturated carbocycles. The van der Waals surface area contributed by atoms with Gasteiger partial charge in [0.25, 0.3) is 0 Å². The second kappa shape index (κ2) is 6.33. The molecule has 31 heavy (non-hydrogen) atoms. The number of fused-ring (bicyclic) bond motifs is 2. The van der Waals surface area contributed by atoms with Crippen LogP contribution in [0.15, 0.2) is 12.2 Å². The second-order valence-electron chi connectivity index (χ2n) is 11.2. The van der Waals surface area contributed by atoms with E-state index in [4.69, 9.17) is 14.2 Å².